The van der Waals surface area contributed by atoms with Gasteiger partial charge in [0.05, 0.1) is 12.0 Å². The van der Waals surface area contributed by atoms with Crippen molar-refractivity contribution in [2.75, 3.05) is 13.7 Å². The van der Waals surface area contributed by atoms with Gasteiger partial charge in [-0.1, -0.05) is 13.2 Å². The molecule has 0 aromatic rings. The first kappa shape index (κ1) is 18.3. The molecular weight excluding hydrogens is 264 g/mol. The summed E-state index contributed by atoms with van der Waals surface area (Å²) in [7, 11) is 1.20. The van der Waals surface area contributed by atoms with Gasteiger partial charge < -0.3 is 19.3 Å². The first-order valence-electron chi connectivity index (χ1n) is 5.96. The molecule has 1 N–H and O–H groups in total. The quantitative estimate of drug-likeness (QED) is 0.434. The fourth-order valence-electron chi connectivity index (χ4n) is 1.17. The van der Waals surface area contributed by atoms with Crippen molar-refractivity contribution in [1.82, 2.24) is 0 Å². The van der Waals surface area contributed by atoms with Crippen molar-refractivity contribution in [2.24, 2.45) is 5.41 Å². The number of ether oxygens (including phenoxy) is 3. The Kier molecular flexibility index (Phi) is 6.12. The van der Waals surface area contributed by atoms with Crippen LogP contribution in [0.15, 0.2) is 24.3 Å². The number of aliphatic hydroxyl groups excluding tert-OH is 1. The number of hydrogen-bond donors (Lipinski definition) is 1. The van der Waals surface area contributed by atoms with Crippen LogP contribution in [0.2, 0.25) is 0 Å². The van der Waals surface area contributed by atoms with Crippen LogP contribution in [0.3, 0.4) is 0 Å². The van der Waals surface area contributed by atoms with E-state index in [0.717, 1.165) is 0 Å². The van der Waals surface area contributed by atoms with E-state index in [1.54, 1.807) is 0 Å². The Balaban J connectivity index is 5.62. The van der Waals surface area contributed by atoms with Gasteiger partial charge in [-0.25, -0.2) is 9.59 Å². The SMILES string of the molecule is C=C(C)C(=O)OC(OC)(OC(=O)C(=C)C)C(C)(C)CO. The van der Waals surface area contributed by atoms with Crippen LogP contribution in [0.25, 0.3) is 0 Å². The molecule has 0 unspecified atom stereocenters. The predicted octanol–water partition coefficient (Wildman–Crippen LogP) is 1.54. The van der Waals surface area contributed by atoms with Gasteiger partial charge in [0, 0.05) is 18.3 Å². The Hall–Kier alpha value is -1.66. The van der Waals surface area contributed by atoms with Gasteiger partial charge in [0.1, 0.15) is 0 Å². The van der Waals surface area contributed by atoms with Gasteiger partial charge in [-0.15, -0.1) is 0 Å². The monoisotopic (exact) mass is 286 g/mol. The first-order valence-corrected chi connectivity index (χ1v) is 5.96. The fourth-order valence-corrected chi connectivity index (χ4v) is 1.17. The number of carbonyl (C=O) groups is 2. The summed E-state index contributed by atoms with van der Waals surface area (Å²) in [5, 5.41) is 9.46. The molecule has 0 heterocycles. The summed E-state index contributed by atoms with van der Waals surface area (Å²) in [5.74, 6) is -3.68. The average molecular weight is 286 g/mol. The maximum atomic E-state index is 11.7. The van der Waals surface area contributed by atoms with E-state index in [0.29, 0.717) is 0 Å². The van der Waals surface area contributed by atoms with Crippen LogP contribution in [0.1, 0.15) is 27.7 Å². The highest BCUT2D eigenvalue weighted by molar-refractivity contribution is 5.89. The molecule has 0 fully saturated rings. The molecule has 0 aliphatic rings. The van der Waals surface area contributed by atoms with Gasteiger partial charge >= 0.3 is 17.9 Å². The summed E-state index contributed by atoms with van der Waals surface area (Å²) in [6, 6.07) is 0. The third kappa shape index (κ3) is 3.91. The zero-order chi connectivity index (χ0) is 16.1. The smallest absolute Gasteiger partial charge is 0.383 e. The van der Waals surface area contributed by atoms with Gasteiger partial charge in [-0.05, 0) is 27.7 Å². The van der Waals surface area contributed by atoms with E-state index in [4.69, 9.17) is 14.2 Å². The second-order valence-corrected chi connectivity index (χ2v) is 5.14. The Morgan fingerprint density at radius 1 is 1.05 bits per heavy atom. The molecule has 0 amide bonds. The van der Waals surface area contributed by atoms with Crippen molar-refractivity contribution >= 4 is 11.9 Å². The highest BCUT2D eigenvalue weighted by Crippen LogP contribution is 2.37. The normalized spacial score (nSPS) is 11.7. The van der Waals surface area contributed by atoms with E-state index >= 15 is 0 Å². The Morgan fingerprint density at radius 2 is 1.40 bits per heavy atom. The minimum atomic E-state index is -2.08. The van der Waals surface area contributed by atoms with Crippen LogP contribution >= 0.6 is 0 Å². The predicted molar refractivity (Wildman–Crippen MR) is 72.4 cm³/mol. The second-order valence-electron chi connectivity index (χ2n) is 5.14. The van der Waals surface area contributed by atoms with Crippen molar-refractivity contribution in [3.05, 3.63) is 24.3 Å². The van der Waals surface area contributed by atoms with Gasteiger partial charge in [-0.2, -0.15) is 0 Å². The highest BCUT2D eigenvalue weighted by atomic mass is 16.9. The van der Waals surface area contributed by atoms with Crippen LogP contribution in [0.5, 0.6) is 0 Å². The van der Waals surface area contributed by atoms with Crippen LogP contribution < -0.4 is 0 Å². The molecule has 0 rings (SSSR count). The summed E-state index contributed by atoms with van der Waals surface area (Å²) >= 11 is 0. The summed E-state index contributed by atoms with van der Waals surface area (Å²) in [5.41, 5.74) is -0.990. The average Bonchev–Trinajstić information content (AvgIpc) is 2.36. The number of methoxy groups -OCH3 is 1. The van der Waals surface area contributed by atoms with E-state index in [2.05, 4.69) is 13.2 Å². The van der Waals surface area contributed by atoms with E-state index in [-0.39, 0.29) is 11.1 Å². The van der Waals surface area contributed by atoms with Crippen molar-refractivity contribution in [1.29, 1.82) is 0 Å². The third-order valence-corrected chi connectivity index (χ3v) is 2.64. The summed E-state index contributed by atoms with van der Waals surface area (Å²) in [4.78, 5) is 23.5. The molecule has 0 spiro atoms. The van der Waals surface area contributed by atoms with Gasteiger partial charge in [0.15, 0.2) is 0 Å². The molecule has 0 aromatic heterocycles. The lowest BCUT2D eigenvalue weighted by molar-refractivity contribution is -0.383. The molecule has 0 atom stereocenters. The number of carbonyl (C=O) groups excluding carboxylic acids is 2. The van der Waals surface area contributed by atoms with E-state index in [1.807, 2.05) is 0 Å². The second kappa shape index (κ2) is 6.67. The standard InChI is InChI=1S/C14H22O6/c1-9(2)11(16)19-14(18-7,13(5,6)8-15)20-12(17)10(3)4/h15H,1,3,8H2,2,4-7H3. The Labute approximate surface area is 119 Å². The first-order chi connectivity index (χ1) is 9.03. The molecule has 114 valence electrons. The lowest BCUT2D eigenvalue weighted by atomic mass is 9.91. The van der Waals surface area contributed by atoms with Crippen molar-refractivity contribution in [2.45, 2.75) is 33.7 Å². The Morgan fingerprint density at radius 3 is 1.60 bits per heavy atom. The van der Waals surface area contributed by atoms with Gasteiger partial charge in [0.2, 0.25) is 0 Å². The molecule has 6 heteroatoms. The minimum absolute atomic E-state index is 0.103. The van der Waals surface area contributed by atoms with Crippen molar-refractivity contribution in [3.8, 4) is 0 Å². The van der Waals surface area contributed by atoms with Crippen molar-refractivity contribution in [3.63, 3.8) is 0 Å². The molecule has 0 radical (unpaired) electrons. The molecule has 0 aliphatic heterocycles. The molecule has 0 saturated carbocycles. The molecule has 20 heavy (non-hydrogen) atoms. The maximum absolute atomic E-state index is 11.7. The number of aliphatic hydroxyl groups is 1. The van der Waals surface area contributed by atoms with Crippen LogP contribution in [0, 0.1) is 5.41 Å². The van der Waals surface area contributed by atoms with E-state index in [9.17, 15) is 14.7 Å². The minimum Gasteiger partial charge on any atom is -0.395 e. The zero-order valence-corrected chi connectivity index (χ0v) is 12.6. The molecule has 0 aromatic carbocycles. The number of rotatable bonds is 7. The third-order valence-electron chi connectivity index (χ3n) is 2.64. The summed E-state index contributed by atoms with van der Waals surface area (Å²) < 4.78 is 15.3. The topological polar surface area (TPSA) is 82.1 Å². The van der Waals surface area contributed by atoms with Crippen LogP contribution in [0.4, 0.5) is 0 Å². The Bertz CT molecular complexity index is 393. The molecule has 0 bridgehead atoms. The number of esters is 2. The zero-order valence-electron chi connectivity index (χ0n) is 12.6. The maximum Gasteiger partial charge on any atom is 0.383 e. The summed E-state index contributed by atoms with van der Waals surface area (Å²) in [6.45, 7) is 12.4. The molecular formula is C14H22O6. The molecule has 0 saturated heterocycles. The number of hydrogen-bond acceptors (Lipinski definition) is 6. The largest absolute Gasteiger partial charge is 0.395 e. The lowest BCUT2D eigenvalue weighted by Gasteiger charge is -2.41. The van der Waals surface area contributed by atoms with Crippen molar-refractivity contribution < 1.29 is 28.9 Å². The molecule has 6 nitrogen and oxygen atoms in total. The van der Waals surface area contributed by atoms with E-state index in [1.165, 1.54) is 34.8 Å². The molecule has 0 aliphatic carbocycles. The fraction of sp³-hybridized carbons (Fsp3) is 0.571. The summed E-state index contributed by atoms with van der Waals surface area (Å²) in [6.07, 6.45) is 0. The van der Waals surface area contributed by atoms with Crippen LogP contribution in [-0.2, 0) is 23.8 Å². The lowest BCUT2D eigenvalue weighted by Crippen LogP contribution is -2.55. The highest BCUT2D eigenvalue weighted by Gasteiger charge is 2.53. The van der Waals surface area contributed by atoms with E-state index < -0.39 is 29.9 Å². The van der Waals surface area contributed by atoms with Gasteiger partial charge in [0.25, 0.3) is 0 Å². The van der Waals surface area contributed by atoms with Gasteiger partial charge in [-0.3, -0.25) is 0 Å². The van der Waals surface area contributed by atoms with Crippen LogP contribution in [-0.4, -0.2) is 36.7 Å².